The third-order valence-corrected chi connectivity index (χ3v) is 8.15. The Morgan fingerprint density at radius 2 is 1.83 bits per heavy atom. The fraction of sp³-hybridized carbons (Fsp3) is 0.586. The van der Waals surface area contributed by atoms with Crippen molar-refractivity contribution in [3.63, 3.8) is 0 Å². The number of hydrogen-bond donors (Lipinski definition) is 3. The van der Waals surface area contributed by atoms with Gasteiger partial charge < -0.3 is 20.1 Å². The average Bonchev–Trinajstić information content (AvgIpc) is 3.13. The van der Waals surface area contributed by atoms with E-state index < -0.39 is 23.9 Å². The minimum absolute atomic E-state index is 0.0457. The van der Waals surface area contributed by atoms with Gasteiger partial charge in [-0.15, -0.1) is 0 Å². The van der Waals surface area contributed by atoms with Gasteiger partial charge in [-0.2, -0.15) is 0 Å². The molecule has 36 heavy (non-hydrogen) atoms. The molecule has 1 aliphatic heterocycles. The molecule has 0 bridgehead atoms. The molecule has 1 saturated carbocycles. The van der Waals surface area contributed by atoms with E-state index in [9.17, 15) is 24.9 Å². The Bertz CT molecular complexity index is 1010. The molecule has 1 aromatic carbocycles. The molecule has 196 valence electrons. The SMILES string of the molecule is COCC1=C([C@H](O)CC/C(C)=C/c2ccc(O)cc2)[C@H](CO)[C@@H]2C(=O)N(C3CCCCC3)C(=O)[C@@H]2C1. The fourth-order valence-corrected chi connectivity index (χ4v) is 6.44. The smallest absolute Gasteiger partial charge is 0.234 e. The quantitative estimate of drug-likeness (QED) is 0.354. The maximum Gasteiger partial charge on any atom is 0.234 e. The van der Waals surface area contributed by atoms with Gasteiger partial charge in [0.15, 0.2) is 0 Å². The van der Waals surface area contributed by atoms with Crippen molar-refractivity contribution >= 4 is 17.9 Å². The van der Waals surface area contributed by atoms with E-state index in [4.69, 9.17) is 4.74 Å². The van der Waals surface area contributed by atoms with Gasteiger partial charge in [0, 0.05) is 19.1 Å². The van der Waals surface area contributed by atoms with E-state index in [-0.39, 0.29) is 36.8 Å². The van der Waals surface area contributed by atoms with E-state index in [1.54, 1.807) is 19.2 Å². The van der Waals surface area contributed by atoms with E-state index in [0.29, 0.717) is 24.8 Å². The van der Waals surface area contributed by atoms with Crippen LogP contribution in [0.5, 0.6) is 5.75 Å². The number of fused-ring (bicyclic) bond motifs is 1. The zero-order valence-corrected chi connectivity index (χ0v) is 21.4. The van der Waals surface area contributed by atoms with E-state index in [1.807, 2.05) is 25.1 Å². The van der Waals surface area contributed by atoms with Crippen LogP contribution in [0.4, 0.5) is 0 Å². The van der Waals surface area contributed by atoms with Gasteiger partial charge in [-0.1, -0.05) is 43.0 Å². The van der Waals surface area contributed by atoms with Crippen molar-refractivity contribution in [1.82, 2.24) is 4.90 Å². The normalized spacial score (nSPS) is 26.5. The Labute approximate surface area is 213 Å². The predicted molar refractivity (Wildman–Crippen MR) is 137 cm³/mol. The molecule has 1 heterocycles. The first-order valence-electron chi connectivity index (χ1n) is 13.2. The topological polar surface area (TPSA) is 107 Å². The lowest BCUT2D eigenvalue weighted by Gasteiger charge is -2.36. The molecule has 0 spiro atoms. The highest BCUT2D eigenvalue weighted by atomic mass is 16.5. The molecule has 2 aliphatic carbocycles. The molecule has 0 radical (unpaired) electrons. The van der Waals surface area contributed by atoms with Gasteiger partial charge in [-0.05, 0) is 67.9 Å². The highest BCUT2D eigenvalue weighted by Gasteiger charge is 2.56. The third kappa shape index (κ3) is 5.43. The molecular weight excluding hydrogens is 458 g/mol. The molecule has 3 aliphatic rings. The summed E-state index contributed by atoms with van der Waals surface area (Å²) >= 11 is 0. The van der Waals surface area contributed by atoms with Crippen molar-refractivity contribution < 1.29 is 29.6 Å². The Kier molecular flexibility index (Phi) is 8.65. The molecule has 1 aromatic rings. The number of aliphatic hydroxyl groups excluding tert-OH is 2. The minimum Gasteiger partial charge on any atom is -0.508 e. The molecule has 2 amide bonds. The van der Waals surface area contributed by atoms with E-state index in [2.05, 4.69) is 0 Å². The second-order valence-corrected chi connectivity index (χ2v) is 10.6. The van der Waals surface area contributed by atoms with Crippen LogP contribution in [0.1, 0.15) is 63.9 Å². The summed E-state index contributed by atoms with van der Waals surface area (Å²) in [6, 6.07) is 6.89. The van der Waals surface area contributed by atoms with Crippen LogP contribution in [-0.4, -0.2) is 64.5 Å². The second kappa shape index (κ2) is 11.7. The molecular formula is C29H39NO6. The molecule has 4 rings (SSSR count). The zero-order chi connectivity index (χ0) is 25.8. The van der Waals surface area contributed by atoms with E-state index in [0.717, 1.165) is 48.8 Å². The number of phenolic OH excluding ortho intramolecular Hbond substituents is 1. The first kappa shape index (κ1) is 26.6. The lowest BCUT2D eigenvalue weighted by Crippen LogP contribution is -2.42. The summed E-state index contributed by atoms with van der Waals surface area (Å²) in [7, 11) is 1.58. The second-order valence-electron chi connectivity index (χ2n) is 10.6. The Balaban J connectivity index is 1.54. The Morgan fingerprint density at radius 3 is 2.47 bits per heavy atom. The van der Waals surface area contributed by atoms with Crippen molar-refractivity contribution in [3.05, 3.63) is 46.5 Å². The van der Waals surface area contributed by atoms with Crippen LogP contribution in [0.25, 0.3) is 6.08 Å². The fourth-order valence-electron chi connectivity index (χ4n) is 6.44. The number of carbonyl (C=O) groups excluding carboxylic acids is 2. The molecule has 1 saturated heterocycles. The Hall–Kier alpha value is -2.48. The first-order chi connectivity index (χ1) is 17.3. The zero-order valence-electron chi connectivity index (χ0n) is 21.4. The maximum absolute atomic E-state index is 13.6. The van der Waals surface area contributed by atoms with E-state index in [1.165, 1.54) is 4.90 Å². The van der Waals surface area contributed by atoms with Gasteiger partial charge in [-0.25, -0.2) is 0 Å². The van der Waals surface area contributed by atoms with Gasteiger partial charge >= 0.3 is 0 Å². The van der Waals surface area contributed by atoms with Crippen molar-refractivity contribution in [2.75, 3.05) is 20.3 Å². The van der Waals surface area contributed by atoms with E-state index >= 15 is 0 Å². The number of aliphatic hydroxyl groups is 2. The largest absolute Gasteiger partial charge is 0.508 e. The summed E-state index contributed by atoms with van der Waals surface area (Å²) in [5, 5.41) is 31.2. The summed E-state index contributed by atoms with van der Waals surface area (Å²) in [5.41, 5.74) is 3.53. The summed E-state index contributed by atoms with van der Waals surface area (Å²) in [6.45, 7) is 1.96. The summed E-state index contributed by atoms with van der Waals surface area (Å²) < 4.78 is 5.43. The summed E-state index contributed by atoms with van der Waals surface area (Å²) in [6.07, 6.45) is 7.49. The van der Waals surface area contributed by atoms with Crippen molar-refractivity contribution in [1.29, 1.82) is 0 Å². The third-order valence-electron chi connectivity index (χ3n) is 8.15. The van der Waals surface area contributed by atoms with Crippen LogP contribution < -0.4 is 0 Å². The van der Waals surface area contributed by atoms with Crippen LogP contribution in [0.3, 0.4) is 0 Å². The van der Waals surface area contributed by atoms with Gasteiger partial charge in [0.05, 0.1) is 31.2 Å². The summed E-state index contributed by atoms with van der Waals surface area (Å²) in [4.78, 5) is 28.5. The number of hydrogen-bond acceptors (Lipinski definition) is 6. The number of nitrogens with zero attached hydrogens (tertiary/aromatic N) is 1. The van der Waals surface area contributed by atoms with Crippen LogP contribution in [-0.2, 0) is 14.3 Å². The average molecular weight is 498 g/mol. The number of aromatic hydroxyl groups is 1. The van der Waals surface area contributed by atoms with Crippen LogP contribution >= 0.6 is 0 Å². The standard InChI is InChI=1S/C29H39NO6/c1-18(14-19-9-11-22(32)12-10-19)8-13-25(33)26-20(17-36-2)15-23-27(24(26)16-31)29(35)30(28(23)34)21-6-4-3-5-7-21/h9-12,14,21,23-25,27,31-33H,3-8,13,15-17H2,1-2H3/b18-14+/t23-,24+,25-,27-/m1/s1. The molecule has 0 aromatic heterocycles. The van der Waals surface area contributed by atoms with Gasteiger partial charge in [0.1, 0.15) is 5.75 Å². The number of likely N-dealkylation sites (tertiary alicyclic amines) is 1. The monoisotopic (exact) mass is 497 g/mol. The number of amides is 2. The summed E-state index contributed by atoms with van der Waals surface area (Å²) in [5.74, 6) is -1.79. The molecule has 0 unspecified atom stereocenters. The number of ether oxygens (including phenoxy) is 1. The van der Waals surface area contributed by atoms with Gasteiger partial charge in [-0.3, -0.25) is 14.5 Å². The number of allylic oxidation sites excluding steroid dienone is 1. The lowest BCUT2D eigenvalue weighted by molar-refractivity contribution is -0.143. The maximum atomic E-state index is 13.6. The Morgan fingerprint density at radius 1 is 1.14 bits per heavy atom. The van der Waals surface area contributed by atoms with Crippen LogP contribution in [0.2, 0.25) is 0 Å². The molecule has 2 fully saturated rings. The number of rotatable bonds is 9. The predicted octanol–water partition coefficient (Wildman–Crippen LogP) is 3.83. The minimum atomic E-state index is -0.844. The highest BCUT2D eigenvalue weighted by Crippen LogP contribution is 2.47. The highest BCUT2D eigenvalue weighted by molar-refractivity contribution is 6.06. The number of imide groups is 1. The number of phenols is 1. The lowest BCUT2D eigenvalue weighted by atomic mass is 9.68. The number of methoxy groups -OCH3 is 1. The van der Waals surface area contributed by atoms with Crippen LogP contribution in [0, 0.1) is 17.8 Å². The van der Waals surface area contributed by atoms with Crippen molar-refractivity contribution in [3.8, 4) is 5.75 Å². The molecule has 4 atom stereocenters. The van der Waals surface area contributed by atoms with Gasteiger partial charge in [0.25, 0.3) is 0 Å². The molecule has 7 nitrogen and oxygen atoms in total. The number of carbonyl (C=O) groups is 2. The molecule has 3 N–H and O–H groups in total. The first-order valence-corrected chi connectivity index (χ1v) is 13.2. The van der Waals surface area contributed by atoms with Crippen molar-refractivity contribution in [2.45, 2.75) is 70.4 Å². The van der Waals surface area contributed by atoms with Crippen LogP contribution in [0.15, 0.2) is 41.0 Å². The van der Waals surface area contributed by atoms with Crippen molar-refractivity contribution in [2.24, 2.45) is 17.8 Å². The molecule has 7 heteroatoms. The van der Waals surface area contributed by atoms with Gasteiger partial charge in [0.2, 0.25) is 11.8 Å². The number of benzene rings is 1.